The summed E-state index contributed by atoms with van der Waals surface area (Å²) < 4.78 is 27.6. The third-order valence-corrected chi connectivity index (χ3v) is 6.29. The van der Waals surface area contributed by atoms with E-state index in [0.717, 1.165) is 12.8 Å². The molecular formula is C25H53NO6P+. The number of hydrogen-bond donors (Lipinski definition) is 2. The van der Waals surface area contributed by atoms with Crippen LogP contribution in [0.3, 0.4) is 0 Å². The highest BCUT2D eigenvalue weighted by Gasteiger charge is 2.24. The van der Waals surface area contributed by atoms with Gasteiger partial charge in [-0.3, -0.25) is 9.05 Å². The Morgan fingerprint density at radius 2 is 1.33 bits per heavy atom. The summed E-state index contributed by atoms with van der Waals surface area (Å²) in [6, 6.07) is 0. The van der Waals surface area contributed by atoms with Crippen LogP contribution in [0.1, 0.15) is 90.4 Å². The lowest BCUT2D eigenvalue weighted by Gasteiger charge is -2.24. The standard InChI is InChI=1S/C25H52NO6P/c1-5-6-7-8-9-10-11-12-13-14-15-16-17-18-19-21-30-23-25(27)24-32-33(28,29)31-22-20-26(2,3)4/h10-11,25,27H,5-9,12-24H2,1-4H3/p+1/b11-10-/t25-/m0/s1. The van der Waals surface area contributed by atoms with E-state index in [0.29, 0.717) is 17.6 Å². The Kier molecular flexibility index (Phi) is 20.9. The monoisotopic (exact) mass is 494 g/mol. The second-order valence-corrected chi connectivity index (χ2v) is 11.4. The molecular weight excluding hydrogens is 441 g/mol. The Labute approximate surface area is 203 Å². The third-order valence-electron chi connectivity index (χ3n) is 5.31. The molecule has 0 aromatic carbocycles. The number of quaternary nitrogens is 1. The van der Waals surface area contributed by atoms with Crippen molar-refractivity contribution in [3.8, 4) is 0 Å². The van der Waals surface area contributed by atoms with Crippen molar-refractivity contribution in [3.63, 3.8) is 0 Å². The van der Waals surface area contributed by atoms with Gasteiger partial charge in [0, 0.05) is 6.61 Å². The highest BCUT2D eigenvalue weighted by atomic mass is 31.2. The first-order valence-electron chi connectivity index (χ1n) is 13.0. The fourth-order valence-corrected chi connectivity index (χ4v) is 3.94. The van der Waals surface area contributed by atoms with E-state index >= 15 is 0 Å². The molecule has 2 atom stereocenters. The van der Waals surface area contributed by atoms with Gasteiger partial charge in [-0.05, 0) is 32.1 Å². The second-order valence-electron chi connectivity index (χ2n) is 9.92. The molecule has 8 heteroatoms. The van der Waals surface area contributed by atoms with E-state index in [1.54, 1.807) is 0 Å². The van der Waals surface area contributed by atoms with Crippen molar-refractivity contribution >= 4 is 7.82 Å². The normalized spacial score (nSPS) is 15.2. The van der Waals surface area contributed by atoms with E-state index in [1.165, 1.54) is 70.6 Å². The van der Waals surface area contributed by atoms with E-state index in [-0.39, 0.29) is 19.8 Å². The van der Waals surface area contributed by atoms with Crippen LogP contribution in [0.4, 0.5) is 0 Å². The third kappa shape index (κ3) is 26.2. The quantitative estimate of drug-likeness (QED) is 0.0758. The zero-order valence-electron chi connectivity index (χ0n) is 21.9. The summed E-state index contributed by atoms with van der Waals surface area (Å²) in [5.41, 5.74) is 0. The first kappa shape index (κ1) is 32.7. The van der Waals surface area contributed by atoms with Crippen LogP contribution >= 0.6 is 7.82 Å². The Morgan fingerprint density at radius 1 is 0.788 bits per heavy atom. The number of aliphatic hydroxyl groups is 1. The summed E-state index contributed by atoms with van der Waals surface area (Å²) in [5.74, 6) is 0. The number of aliphatic hydroxyl groups excluding tert-OH is 1. The number of ether oxygens (including phenoxy) is 1. The fourth-order valence-electron chi connectivity index (χ4n) is 3.19. The number of phosphoric ester groups is 1. The number of allylic oxidation sites excluding steroid dienone is 2. The molecule has 2 N–H and O–H groups in total. The van der Waals surface area contributed by atoms with Crippen molar-refractivity contribution in [2.24, 2.45) is 0 Å². The molecule has 0 saturated carbocycles. The first-order chi connectivity index (χ1) is 15.7. The Balaban J connectivity index is 3.44. The molecule has 0 aromatic heterocycles. The molecule has 0 rings (SSSR count). The van der Waals surface area contributed by atoms with Crippen molar-refractivity contribution in [3.05, 3.63) is 12.2 Å². The number of unbranched alkanes of at least 4 members (excludes halogenated alkanes) is 11. The zero-order valence-corrected chi connectivity index (χ0v) is 22.8. The smallest absolute Gasteiger partial charge is 0.388 e. The highest BCUT2D eigenvalue weighted by Crippen LogP contribution is 2.43. The predicted molar refractivity (Wildman–Crippen MR) is 136 cm³/mol. The molecule has 0 radical (unpaired) electrons. The predicted octanol–water partition coefficient (Wildman–Crippen LogP) is 5.85. The Bertz CT molecular complexity index is 510. The van der Waals surface area contributed by atoms with Gasteiger partial charge < -0.3 is 19.2 Å². The van der Waals surface area contributed by atoms with Gasteiger partial charge in [0.25, 0.3) is 0 Å². The maximum atomic E-state index is 11.8. The number of likely N-dealkylation sites (N-methyl/N-ethyl adjacent to an activating group) is 1. The summed E-state index contributed by atoms with van der Waals surface area (Å²) in [5, 5.41) is 9.85. The van der Waals surface area contributed by atoms with Crippen molar-refractivity contribution in [2.45, 2.75) is 96.5 Å². The Morgan fingerprint density at radius 3 is 1.91 bits per heavy atom. The van der Waals surface area contributed by atoms with E-state index in [9.17, 15) is 14.6 Å². The maximum Gasteiger partial charge on any atom is 0.472 e. The van der Waals surface area contributed by atoms with Crippen LogP contribution in [0.5, 0.6) is 0 Å². The van der Waals surface area contributed by atoms with Gasteiger partial charge in [0.05, 0.1) is 34.4 Å². The molecule has 0 bridgehead atoms. The molecule has 0 heterocycles. The molecule has 0 aliphatic rings. The van der Waals surface area contributed by atoms with Crippen LogP contribution in [0.25, 0.3) is 0 Å². The molecule has 0 fully saturated rings. The van der Waals surface area contributed by atoms with E-state index in [4.69, 9.17) is 13.8 Å². The van der Waals surface area contributed by atoms with E-state index in [2.05, 4.69) is 19.1 Å². The molecule has 7 nitrogen and oxygen atoms in total. The largest absolute Gasteiger partial charge is 0.472 e. The average Bonchev–Trinajstić information content (AvgIpc) is 2.73. The topological polar surface area (TPSA) is 85.2 Å². The van der Waals surface area contributed by atoms with Crippen LogP contribution in [-0.2, 0) is 18.3 Å². The van der Waals surface area contributed by atoms with Gasteiger partial charge in [-0.1, -0.05) is 70.4 Å². The second kappa shape index (κ2) is 21.0. The molecule has 0 aromatic rings. The first-order valence-corrected chi connectivity index (χ1v) is 14.5. The lowest BCUT2D eigenvalue weighted by atomic mass is 10.1. The maximum absolute atomic E-state index is 11.8. The minimum absolute atomic E-state index is 0.0883. The zero-order chi connectivity index (χ0) is 24.8. The number of rotatable bonds is 24. The molecule has 0 aliphatic carbocycles. The van der Waals surface area contributed by atoms with Crippen LogP contribution in [-0.4, -0.2) is 74.7 Å². The van der Waals surface area contributed by atoms with Gasteiger partial charge in [-0.15, -0.1) is 0 Å². The van der Waals surface area contributed by atoms with Crippen LogP contribution < -0.4 is 0 Å². The summed E-state index contributed by atoms with van der Waals surface area (Å²) in [4.78, 5) is 9.63. The lowest BCUT2D eigenvalue weighted by Crippen LogP contribution is -2.37. The van der Waals surface area contributed by atoms with Gasteiger partial charge in [0.1, 0.15) is 19.3 Å². The van der Waals surface area contributed by atoms with Gasteiger partial charge >= 0.3 is 7.82 Å². The van der Waals surface area contributed by atoms with Crippen LogP contribution in [0.2, 0.25) is 0 Å². The van der Waals surface area contributed by atoms with Crippen molar-refractivity contribution in [1.82, 2.24) is 0 Å². The van der Waals surface area contributed by atoms with Crippen molar-refractivity contribution < 1.29 is 32.8 Å². The van der Waals surface area contributed by atoms with Crippen molar-refractivity contribution in [2.75, 3.05) is 54.1 Å². The van der Waals surface area contributed by atoms with Gasteiger partial charge in [-0.25, -0.2) is 4.57 Å². The molecule has 0 amide bonds. The summed E-state index contributed by atoms with van der Waals surface area (Å²) in [6.07, 6.45) is 20.0. The minimum Gasteiger partial charge on any atom is -0.388 e. The molecule has 0 spiro atoms. The van der Waals surface area contributed by atoms with Gasteiger partial charge in [-0.2, -0.15) is 0 Å². The summed E-state index contributed by atoms with van der Waals surface area (Å²) in [6.45, 7) is 3.32. The van der Waals surface area contributed by atoms with Crippen molar-refractivity contribution in [1.29, 1.82) is 0 Å². The molecule has 0 saturated heterocycles. The Hall–Kier alpha value is -0.270. The summed E-state index contributed by atoms with van der Waals surface area (Å²) in [7, 11) is 1.75. The molecule has 33 heavy (non-hydrogen) atoms. The van der Waals surface area contributed by atoms with Gasteiger partial charge in [0.15, 0.2) is 0 Å². The molecule has 0 aliphatic heterocycles. The van der Waals surface area contributed by atoms with Crippen LogP contribution in [0.15, 0.2) is 12.2 Å². The number of nitrogens with zero attached hydrogens (tertiary/aromatic N) is 1. The number of phosphoric acid groups is 1. The van der Waals surface area contributed by atoms with E-state index in [1.807, 2.05) is 21.1 Å². The lowest BCUT2D eigenvalue weighted by molar-refractivity contribution is -0.870. The van der Waals surface area contributed by atoms with Gasteiger partial charge in [0.2, 0.25) is 0 Å². The highest BCUT2D eigenvalue weighted by molar-refractivity contribution is 7.47. The van der Waals surface area contributed by atoms with Crippen LogP contribution in [0, 0.1) is 0 Å². The minimum atomic E-state index is -4.14. The molecule has 198 valence electrons. The fraction of sp³-hybridized carbons (Fsp3) is 0.920. The summed E-state index contributed by atoms with van der Waals surface area (Å²) >= 11 is 0. The molecule has 1 unspecified atom stereocenters. The number of hydrogen-bond acceptors (Lipinski definition) is 5. The SMILES string of the molecule is CCCCCC/C=C\CCCCCCCCCOC[C@H](O)COP(=O)(O)OCC[N+](C)(C)C. The average molecular weight is 495 g/mol. The van der Waals surface area contributed by atoms with E-state index < -0.39 is 13.9 Å².